The number of halogens is 1. The van der Waals surface area contributed by atoms with E-state index < -0.39 is 0 Å². The molecule has 0 saturated heterocycles. The molecule has 0 aliphatic rings. The number of nitrogens with one attached hydrogen (secondary N) is 1. The Morgan fingerprint density at radius 1 is 1.24 bits per heavy atom. The van der Waals surface area contributed by atoms with Gasteiger partial charge in [-0.25, -0.2) is 0 Å². The highest BCUT2D eigenvalue weighted by molar-refractivity contribution is 9.10. The van der Waals surface area contributed by atoms with Crippen LogP contribution in [0.5, 0.6) is 5.75 Å². The normalized spacial score (nSPS) is 14.0. The van der Waals surface area contributed by atoms with E-state index in [1.807, 2.05) is 0 Å². The lowest BCUT2D eigenvalue weighted by atomic mass is 9.87. The largest absolute Gasteiger partial charge is 0.496 e. The van der Waals surface area contributed by atoms with Gasteiger partial charge in [0.25, 0.3) is 0 Å². The average Bonchev–Trinajstić information content (AvgIpc) is 2.48. The minimum atomic E-state index is 0.562. The van der Waals surface area contributed by atoms with Crippen LogP contribution in [0.4, 0.5) is 0 Å². The Bertz CT molecular complexity index is 408. The summed E-state index contributed by atoms with van der Waals surface area (Å²) in [5.41, 5.74) is 1.36. The maximum atomic E-state index is 5.31. The smallest absolute Gasteiger partial charge is 0.133 e. The SMILES string of the molecule is CCCCC(CC)C(Cc1ccc(OC)c(Br)c1)NCC. The monoisotopic (exact) mass is 355 g/mol. The van der Waals surface area contributed by atoms with Crippen LogP contribution in [-0.4, -0.2) is 19.7 Å². The topological polar surface area (TPSA) is 21.3 Å². The van der Waals surface area contributed by atoms with Crippen molar-refractivity contribution in [1.82, 2.24) is 5.32 Å². The molecule has 0 aliphatic carbocycles. The maximum absolute atomic E-state index is 5.31. The van der Waals surface area contributed by atoms with Gasteiger partial charge >= 0.3 is 0 Å². The number of hydrogen-bond donors (Lipinski definition) is 1. The first-order chi connectivity index (χ1) is 10.2. The average molecular weight is 356 g/mol. The Labute approximate surface area is 138 Å². The number of ether oxygens (including phenoxy) is 1. The van der Waals surface area contributed by atoms with E-state index in [2.05, 4.69) is 60.2 Å². The molecule has 0 radical (unpaired) electrons. The minimum Gasteiger partial charge on any atom is -0.496 e. The van der Waals surface area contributed by atoms with Gasteiger partial charge in [0.05, 0.1) is 11.6 Å². The second-order valence-electron chi connectivity index (χ2n) is 5.65. The Morgan fingerprint density at radius 3 is 2.52 bits per heavy atom. The lowest BCUT2D eigenvalue weighted by Gasteiger charge is -2.27. The number of likely N-dealkylation sites (N-methyl/N-ethyl adjacent to an activating group) is 1. The van der Waals surface area contributed by atoms with Crippen molar-refractivity contribution in [3.63, 3.8) is 0 Å². The van der Waals surface area contributed by atoms with Crippen molar-refractivity contribution in [1.29, 1.82) is 0 Å². The van der Waals surface area contributed by atoms with Crippen LogP contribution in [0.3, 0.4) is 0 Å². The molecule has 2 atom stereocenters. The van der Waals surface area contributed by atoms with Crippen LogP contribution >= 0.6 is 15.9 Å². The molecular formula is C18H30BrNO. The van der Waals surface area contributed by atoms with E-state index in [4.69, 9.17) is 4.74 Å². The summed E-state index contributed by atoms with van der Waals surface area (Å²) in [6, 6.07) is 6.98. The quantitative estimate of drug-likeness (QED) is 0.623. The third-order valence-electron chi connectivity index (χ3n) is 4.16. The predicted molar refractivity (Wildman–Crippen MR) is 95.2 cm³/mol. The summed E-state index contributed by atoms with van der Waals surface area (Å²) in [4.78, 5) is 0. The van der Waals surface area contributed by atoms with Crippen molar-refractivity contribution >= 4 is 15.9 Å². The molecule has 1 aromatic carbocycles. The number of hydrogen-bond acceptors (Lipinski definition) is 2. The van der Waals surface area contributed by atoms with Crippen molar-refractivity contribution in [2.45, 2.75) is 58.9 Å². The highest BCUT2D eigenvalue weighted by atomic mass is 79.9. The van der Waals surface area contributed by atoms with Crippen LogP contribution in [0.1, 0.15) is 52.0 Å². The van der Waals surface area contributed by atoms with Gasteiger partial charge in [-0.15, -0.1) is 0 Å². The molecule has 0 spiro atoms. The molecule has 1 N–H and O–H groups in total. The van der Waals surface area contributed by atoms with Gasteiger partial charge in [0.2, 0.25) is 0 Å². The van der Waals surface area contributed by atoms with E-state index in [0.717, 1.165) is 29.1 Å². The lowest BCUT2D eigenvalue weighted by molar-refractivity contribution is 0.319. The molecule has 2 unspecified atom stereocenters. The van der Waals surface area contributed by atoms with Crippen LogP contribution in [0, 0.1) is 5.92 Å². The zero-order valence-electron chi connectivity index (χ0n) is 13.9. The van der Waals surface area contributed by atoms with Crippen molar-refractivity contribution in [3.05, 3.63) is 28.2 Å². The van der Waals surface area contributed by atoms with Crippen LogP contribution in [0.25, 0.3) is 0 Å². The first-order valence-corrected chi connectivity index (χ1v) is 9.01. The minimum absolute atomic E-state index is 0.562. The van der Waals surface area contributed by atoms with Gasteiger partial charge in [0, 0.05) is 6.04 Å². The molecule has 0 fully saturated rings. The van der Waals surface area contributed by atoms with Gasteiger partial charge < -0.3 is 10.1 Å². The number of rotatable bonds is 10. The van der Waals surface area contributed by atoms with E-state index in [1.165, 1.54) is 31.2 Å². The van der Waals surface area contributed by atoms with E-state index in [0.29, 0.717) is 6.04 Å². The molecule has 0 saturated carbocycles. The van der Waals surface area contributed by atoms with Gasteiger partial charge in [-0.2, -0.15) is 0 Å². The van der Waals surface area contributed by atoms with Crippen LogP contribution in [-0.2, 0) is 6.42 Å². The zero-order valence-corrected chi connectivity index (χ0v) is 15.5. The number of methoxy groups -OCH3 is 1. The summed E-state index contributed by atoms with van der Waals surface area (Å²) in [6.07, 6.45) is 6.26. The van der Waals surface area contributed by atoms with Crippen LogP contribution < -0.4 is 10.1 Å². The first-order valence-electron chi connectivity index (χ1n) is 8.21. The molecule has 0 aliphatic heterocycles. The molecule has 21 heavy (non-hydrogen) atoms. The summed E-state index contributed by atoms with van der Waals surface area (Å²) in [6.45, 7) is 7.82. The Kier molecular flexibility index (Phi) is 9.02. The zero-order chi connectivity index (χ0) is 15.7. The van der Waals surface area contributed by atoms with Gasteiger partial charge in [0.15, 0.2) is 0 Å². The number of unbranched alkanes of at least 4 members (excludes halogenated alkanes) is 1. The van der Waals surface area contributed by atoms with Crippen molar-refractivity contribution < 1.29 is 4.74 Å². The summed E-state index contributed by atoms with van der Waals surface area (Å²) < 4.78 is 6.35. The molecule has 0 aromatic heterocycles. The van der Waals surface area contributed by atoms with Gasteiger partial charge in [-0.1, -0.05) is 46.1 Å². The second-order valence-corrected chi connectivity index (χ2v) is 6.50. The third kappa shape index (κ3) is 5.99. The summed E-state index contributed by atoms with van der Waals surface area (Å²) in [5, 5.41) is 3.69. The number of benzene rings is 1. The molecule has 2 nitrogen and oxygen atoms in total. The molecule has 0 bridgehead atoms. The van der Waals surface area contributed by atoms with E-state index in [1.54, 1.807) is 7.11 Å². The van der Waals surface area contributed by atoms with Gasteiger partial charge in [0.1, 0.15) is 5.75 Å². The van der Waals surface area contributed by atoms with Crippen LogP contribution in [0.15, 0.2) is 22.7 Å². The molecule has 1 aromatic rings. The summed E-state index contributed by atoms with van der Waals surface area (Å²) in [5.74, 6) is 1.66. The first kappa shape index (κ1) is 18.5. The predicted octanol–water partition coefficient (Wildman–Crippen LogP) is 5.19. The highest BCUT2D eigenvalue weighted by Crippen LogP contribution is 2.27. The van der Waals surface area contributed by atoms with Crippen molar-refractivity contribution in [2.75, 3.05) is 13.7 Å². The third-order valence-corrected chi connectivity index (χ3v) is 4.78. The molecule has 3 heteroatoms. The Balaban J connectivity index is 2.78. The lowest BCUT2D eigenvalue weighted by Crippen LogP contribution is -2.37. The van der Waals surface area contributed by atoms with Crippen molar-refractivity contribution in [3.8, 4) is 5.75 Å². The van der Waals surface area contributed by atoms with Gasteiger partial charge in [-0.3, -0.25) is 0 Å². The standard InChI is InChI=1S/C18H30BrNO/c1-5-8-9-15(6-2)17(20-7-3)13-14-10-11-18(21-4)16(19)12-14/h10-12,15,17,20H,5-9,13H2,1-4H3. The Hall–Kier alpha value is -0.540. The highest BCUT2D eigenvalue weighted by Gasteiger charge is 2.19. The molecule has 120 valence electrons. The molecule has 0 amide bonds. The molecule has 0 heterocycles. The summed E-state index contributed by atoms with van der Waals surface area (Å²) in [7, 11) is 1.71. The fourth-order valence-electron chi connectivity index (χ4n) is 2.91. The van der Waals surface area contributed by atoms with Crippen molar-refractivity contribution in [2.24, 2.45) is 5.92 Å². The Morgan fingerprint density at radius 2 is 2.00 bits per heavy atom. The fourth-order valence-corrected chi connectivity index (χ4v) is 3.50. The molecular weight excluding hydrogens is 326 g/mol. The summed E-state index contributed by atoms with van der Waals surface area (Å²) >= 11 is 3.59. The fraction of sp³-hybridized carbons (Fsp3) is 0.667. The maximum Gasteiger partial charge on any atom is 0.133 e. The van der Waals surface area contributed by atoms with Crippen LogP contribution in [0.2, 0.25) is 0 Å². The second kappa shape index (κ2) is 10.2. The van der Waals surface area contributed by atoms with E-state index in [-0.39, 0.29) is 0 Å². The van der Waals surface area contributed by atoms with E-state index in [9.17, 15) is 0 Å². The van der Waals surface area contributed by atoms with Gasteiger partial charge in [-0.05, 0) is 58.9 Å². The molecule has 1 rings (SSSR count). The van der Waals surface area contributed by atoms with E-state index >= 15 is 0 Å².